The van der Waals surface area contributed by atoms with Crippen molar-refractivity contribution in [2.75, 3.05) is 0 Å². The van der Waals surface area contributed by atoms with E-state index in [4.69, 9.17) is 0 Å². The minimum absolute atomic E-state index is 0.226. The summed E-state index contributed by atoms with van der Waals surface area (Å²) in [5.74, 6) is 1.73. The first-order chi connectivity index (χ1) is 9.76. The lowest BCUT2D eigenvalue weighted by Gasteiger charge is -2.46. The van der Waals surface area contributed by atoms with Gasteiger partial charge in [0, 0.05) is 5.41 Å². The summed E-state index contributed by atoms with van der Waals surface area (Å²) in [6.07, 6.45) is 11.2. The second-order valence-electron chi connectivity index (χ2n) is 8.34. The monoisotopic (exact) mass is 284 g/mol. The molecule has 0 spiro atoms. The van der Waals surface area contributed by atoms with Gasteiger partial charge in [0.1, 0.15) is 0 Å². The predicted molar refractivity (Wildman–Crippen MR) is 87.9 cm³/mol. The number of carbonyl (C=O) groups is 1. The Morgan fingerprint density at radius 1 is 1.24 bits per heavy atom. The normalized spacial score (nSPS) is 33.4. The molecule has 0 fully saturated rings. The van der Waals surface area contributed by atoms with Crippen LogP contribution in [0.2, 0.25) is 0 Å². The Kier molecular flexibility index (Phi) is 3.31. The van der Waals surface area contributed by atoms with Gasteiger partial charge in [-0.2, -0.15) is 0 Å². The highest BCUT2D eigenvalue weighted by atomic mass is 16.1. The van der Waals surface area contributed by atoms with Gasteiger partial charge in [0.05, 0.1) is 0 Å². The lowest BCUT2D eigenvalue weighted by Crippen LogP contribution is -2.37. The van der Waals surface area contributed by atoms with Crippen molar-refractivity contribution in [2.45, 2.75) is 60.3 Å². The Morgan fingerprint density at radius 3 is 2.62 bits per heavy atom. The molecule has 2 atom stereocenters. The molecule has 0 unspecified atom stereocenters. The number of allylic oxidation sites excluding steroid dienone is 6. The molecule has 0 aromatic rings. The van der Waals surface area contributed by atoms with Gasteiger partial charge in [-0.25, -0.2) is 0 Å². The molecule has 0 heterocycles. The Hall–Kier alpha value is -1.11. The second-order valence-corrected chi connectivity index (χ2v) is 8.34. The van der Waals surface area contributed by atoms with Crippen molar-refractivity contribution in [1.29, 1.82) is 0 Å². The quantitative estimate of drug-likeness (QED) is 0.643. The summed E-state index contributed by atoms with van der Waals surface area (Å²) >= 11 is 0. The molecule has 0 amide bonds. The SMILES string of the molecule is CC[C@H]1[C@@H]2CCC3=CC(=O)C(C)(C)CC3=C2C=CC1(C)C. The van der Waals surface area contributed by atoms with E-state index in [2.05, 4.69) is 46.8 Å². The molecule has 114 valence electrons. The first-order valence-electron chi connectivity index (χ1n) is 8.44. The van der Waals surface area contributed by atoms with Gasteiger partial charge in [-0.15, -0.1) is 0 Å². The Balaban J connectivity index is 2.12. The summed E-state index contributed by atoms with van der Waals surface area (Å²) < 4.78 is 0. The number of rotatable bonds is 1. The minimum atomic E-state index is -0.226. The van der Waals surface area contributed by atoms with E-state index in [9.17, 15) is 4.79 Å². The van der Waals surface area contributed by atoms with E-state index < -0.39 is 0 Å². The molecule has 0 aromatic carbocycles. The van der Waals surface area contributed by atoms with Crippen LogP contribution in [0.4, 0.5) is 0 Å². The Morgan fingerprint density at radius 2 is 1.95 bits per heavy atom. The highest BCUT2D eigenvalue weighted by Crippen LogP contribution is 2.53. The van der Waals surface area contributed by atoms with Gasteiger partial charge in [-0.05, 0) is 59.3 Å². The number of ketones is 1. The van der Waals surface area contributed by atoms with Crippen molar-refractivity contribution in [1.82, 2.24) is 0 Å². The summed E-state index contributed by atoms with van der Waals surface area (Å²) in [5, 5.41) is 0. The fourth-order valence-electron chi connectivity index (χ4n) is 4.68. The molecule has 21 heavy (non-hydrogen) atoms. The van der Waals surface area contributed by atoms with Crippen LogP contribution >= 0.6 is 0 Å². The topological polar surface area (TPSA) is 17.1 Å². The number of hydrogen-bond donors (Lipinski definition) is 0. The molecular weight excluding hydrogens is 256 g/mol. The molecular formula is C20H28O. The van der Waals surface area contributed by atoms with Crippen LogP contribution in [0.25, 0.3) is 0 Å². The van der Waals surface area contributed by atoms with E-state index in [0.717, 1.165) is 18.8 Å². The number of fused-ring (bicyclic) bond motifs is 2. The van der Waals surface area contributed by atoms with Crippen molar-refractivity contribution in [3.05, 3.63) is 34.9 Å². The fraction of sp³-hybridized carbons (Fsp3) is 0.650. The van der Waals surface area contributed by atoms with E-state index in [1.165, 1.54) is 24.0 Å². The van der Waals surface area contributed by atoms with Crippen molar-refractivity contribution in [3.63, 3.8) is 0 Å². The molecule has 3 aliphatic carbocycles. The maximum Gasteiger partial charge on any atom is 0.161 e. The van der Waals surface area contributed by atoms with E-state index >= 15 is 0 Å². The molecule has 1 heteroatoms. The molecule has 0 saturated carbocycles. The lowest BCUT2D eigenvalue weighted by molar-refractivity contribution is -0.122. The molecule has 0 aliphatic heterocycles. The average molecular weight is 284 g/mol. The summed E-state index contributed by atoms with van der Waals surface area (Å²) in [7, 11) is 0. The molecule has 0 aromatic heterocycles. The zero-order chi connectivity index (χ0) is 15.4. The molecule has 0 N–H and O–H groups in total. The number of carbonyl (C=O) groups excluding carboxylic acids is 1. The van der Waals surface area contributed by atoms with E-state index in [1.807, 2.05) is 6.08 Å². The van der Waals surface area contributed by atoms with Crippen LogP contribution in [0.15, 0.2) is 34.9 Å². The second kappa shape index (κ2) is 4.69. The van der Waals surface area contributed by atoms with Crippen LogP contribution in [0.5, 0.6) is 0 Å². The van der Waals surface area contributed by atoms with Gasteiger partial charge >= 0.3 is 0 Å². The maximum absolute atomic E-state index is 12.2. The molecule has 3 rings (SSSR count). The summed E-state index contributed by atoms with van der Waals surface area (Å²) in [4.78, 5) is 12.2. The molecule has 0 radical (unpaired) electrons. The van der Waals surface area contributed by atoms with Crippen LogP contribution in [-0.4, -0.2) is 5.78 Å². The molecule has 0 saturated heterocycles. The summed E-state index contributed by atoms with van der Waals surface area (Å²) in [6.45, 7) is 11.3. The van der Waals surface area contributed by atoms with Crippen molar-refractivity contribution >= 4 is 5.78 Å². The Labute approximate surface area is 129 Å². The zero-order valence-corrected chi connectivity index (χ0v) is 14.1. The minimum Gasteiger partial charge on any atom is -0.294 e. The van der Waals surface area contributed by atoms with Crippen LogP contribution in [0.1, 0.15) is 60.3 Å². The van der Waals surface area contributed by atoms with E-state index in [0.29, 0.717) is 17.1 Å². The molecule has 3 aliphatic rings. The third-order valence-corrected chi connectivity index (χ3v) is 6.02. The van der Waals surface area contributed by atoms with Crippen molar-refractivity contribution < 1.29 is 4.79 Å². The lowest BCUT2D eigenvalue weighted by atomic mass is 9.58. The standard InChI is InChI=1S/C20H28O/c1-6-17-15-8-7-13-11-18(21)20(4,5)12-16(13)14(15)9-10-19(17,2)3/h9-11,15,17H,6-8,12H2,1-5H3/t15-,17+/m1/s1. The molecule has 1 nitrogen and oxygen atoms in total. The van der Waals surface area contributed by atoms with Gasteiger partial charge < -0.3 is 0 Å². The molecule has 0 bridgehead atoms. The van der Waals surface area contributed by atoms with Crippen LogP contribution in [0.3, 0.4) is 0 Å². The van der Waals surface area contributed by atoms with Gasteiger partial charge in [-0.1, -0.05) is 53.2 Å². The summed E-state index contributed by atoms with van der Waals surface area (Å²) in [6, 6.07) is 0. The highest BCUT2D eigenvalue weighted by Gasteiger charge is 2.43. The first kappa shape index (κ1) is 14.8. The van der Waals surface area contributed by atoms with Crippen LogP contribution in [-0.2, 0) is 4.79 Å². The van der Waals surface area contributed by atoms with E-state index in [1.54, 1.807) is 5.57 Å². The predicted octanol–water partition coefficient (Wildman–Crippen LogP) is 5.24. The van der Waals surface area contributed by atoms with Crippen LogP contribution < -0.4 is 0 Å². The third-order valence-electron chi connectivity index (χ3n) is 6.02. The van der Waals surface area contributed by atoms with Crippen molar-refractivity contribution in [2.24, 2.45) is 22.7 Å². The van der Waals surface area contributed by atoms with Crippen molar-refractivity contribution in [3.8, 4) is 0 Å². The van der Waals surface area contributed by atoms with Gasteiger partial charge in [-0.3, -0.25) is 4.79 Å². The van der Waals surface area contributed by atoms with Gasteiger partial charge in [0.25, 0.3) is 0 Å². The maximum atomic E-state index is 12.2. The highest BCUT2D eigenvalue weighted by molar-refractivity contribution is 5.97. The fourth-order valence-corrected chi connectivity index (χ4v) is 4.68. The average Bonchev–Trinajstić information content (AvgIpc) is 2.39. The zero-order valence-electron chi connectivity index (χ0n) is 14.1. The summed E-state index contributed by atoms with van der Waals surface area (Å²) in [5.41, 5.74) is 4.42. The Bertz CT molecular complexity index is 569. The largest absolute Gasteiger partial charge is 0.294 e. The third kappa shape index (κ3) is 2.25. The van der Waals surface area contributed by atoms with E-state index in [-0.39, 0.29) is 5.41 Å². The van der Waals surface area contributed by atoms with Gasteiger partial charge in [0.15, 0.2) is 5.78 Å². The number of hydrogen-bond acceptors (Lipinski definition) is 1. The van der Waals surface area contributed by atoms with Gasteiger partial charge in [0.2, 0.25) is 0 Å². The smallest absolute Gasteiger partial charge is 0.161 e. The van der Waals surface area contributed by atoms with Crippen LogP contribution in [0, 0.1) is 22.7 Å². The first-order valence-corrected chi connectivity index (χ1v) is 8.44.